The normalized spacial score (nSPS) is 18.8. The summed E-state index contributed by atoms with van der Waals surface area (Å²) in [6, 6.07) is 6.21. The maximum atomic E-state index is 11.8. The van der Waals surface area contributed by atoms with Crippen LogP contribution in [0.25, 0.3) is 0 Å². The fraction of sp³-hybridized carbons (Fsp3) is 0.286. The molecule has 0 saturated carbocycles. The third kappa shape index (κ3) is 2.85. The number of carbonyl (C=O) groups excluding carboxylic acids is 1. The van der Waals surface area contributed by atoms with E-state index >= 15 is 0 Å². The molecule has 1 atom stereocenters. The smallest absolute Gasteiger partial charge is 0.335 e. The molecule has 1 unspecified atom stereocenters. The van der Waals surface area contributed by atoms with Crippen LogP contribution < -0.4 is 10.6 Å². The second-order valence-electron chi connectivity index (χ2n) is 4.87. The highest BCUT2D eigenvalue weighted by Gasteiger charge is 2.33. The Bertz CT molecular complexity index is 596. The number of carboxylic acids is 1. The fourth-order valence-corrected chi connectivity index (χ4v) is 2.63. The van der Waals surface area contributed by atoms with Crippen LogP contribution in [0.15, 0.2) is 40.0 Å². The standard InChI is InChI=1S/C14H15BrN2O3/c1-7(2)11-10(13(18)19)12(17-14(20)16-11)8-4-3-5-9(15)6-8/h3-7,12H,1-2H3,(H,18,19)(H2,16,17,20). The summed E-state index contributed by atoms with van der Waals surface area (Å²) in [4.78, 5) is 23.3. The number of aliphatic carboxylic acids is 1. The zero-order chi connectivity index (χ0) is 14.9. The molecule has 1 aliphatic heterocycles. The van der Waals surface area contributed by atoms with Gasteiger partial charge in [-0.05, 0) is 23.6 Å². The minimum atomic E-state index is -1.04. The lowest BCUT2D eigenvalue weighted by Gasteiger charge is -2.30. The molecule has 0 fully saturated rings. The predicted molar refractivity (Wildman–Crippen MR) is 78.1 cm³/mol. The molecule has 0 aromatic heterocycles. The van der Waals surface area contributed by atoms with Crippen LogP contribution in [0.2, 0.25) is 0 Å². The van der Waals surface area contributed by atoms with Gasteiger partial charge < -0.3 is 15.7 Å². The second kappa shape index (κ2) is 5.66. The first-order valence-corrected chi connectivity index (χ1v) is 6.99. The molecule has 0 aliphatic carbocycles. The Labute approximate surface area is 125 Å². The first-order valence-electron chi connectivity index (χ1n) is 6.20. The monoisotopic (exact) mass is 338 g/mol. The summed E-state index contributed by atoms with van der Waals surface area (Å²) in [5.74, 6) is -1.12. The molecule has 5 nitrogen and oxygen atoms in total. The van der Waals surface area contributed by atoms with Gasteiger partial charge in [0.05, 0.1) is 11.6 Å². The summed E-state index contributed by atoms with van der Waals surface area (Å²) >= 11 is 3.35. The third-order valence-electron chi connectivity index (χ3n) is 3.09. The number of hydrogen-bond acceptors (Lipinski definition) is 2. The van der Waals surface area contributed by atoms with Crippen molar-refractivity contribution >= 4 is 27.9 Å². The SMILES string of the molecule is CC(C)C1=C(C(=O)O)C(c2cccc(Br)c2)NC(=O)N1. The lowest BCUT2D eigenvalue weighted by atomic mass is 9.91. The van der Waals surface area contributed by atoms with E-state index in [4.69, 9.17) is 0 Å². The molecule has 0 spiro atoms. The van der Waals surface area contributed by atoms with Gasteiger partial charge >= 0.3 is 12.0 Å². The van der Waals surface area contributed by atoms with Gasteiger partial charge in [0.15, 0.2) is 0 Å². The van der Waals surface area contributed by atoms with Crippen molar-refractivity contribution < 1.29 is 14.7 Å². The minimum absolute atomic E-state index is 0.0817. The van der Waals surface area contributed by atoms with Crippen molar-refractivity contribution in [3.63, 3.8) is 0 Å². The van der Waals surface area contributed by atoms with Gasteiger partial charge in [-0.2, -0.15) is 0 Å². The molecule has 1 aromatic rings. The molecule has 2 amide bonds. The first-order chi connectivity index (χ1) is 9.40. The molecule has 3 N–H and O–H groups in total. The van der Waals surface area contributed by atoms with Crippen molar-refractivity contribution in [1.82, 2.24) is 10.6 Å². The molecule has 106 valence electrons. The first kappa shape index (κ1) is 14.6. The van der Waals surface area contributed by atoms with E-state index in [1.807, 2.05) is 26.0 Å². The van der Waals surface area contributed by atoms with Gasteiger partial charge in [0.1, 0.15) is 0 Å². The van der Waals surface area contributed by atoms with Crippen LogP contribution in [0.5, 0.6) is 0 Å². The lowest BCUT2D eigenvalue weighted by Crippen LogP contribution is -2.46. The van der Waals surface area contributed by atoms with E-state index < -0.39 is 12.0 Å². The highest BCUT2D eigenvalue weighted by molar-refractivity contribution is 9.10. The molecule has 1 aliphatic rings. The number of amides is 2. The Morgan fingerprint density at radius 3 is 2.65 bits per heavy atom. The molecule has 2 rings (SSSR count). The van der Waals surface area contributed by atoms with Gasteiger partial charge in [-0.1, -0.05) is 41.9 Å². The van der Waals surface area contributed by atoms with E-state index in [1.165, 1.54) is 0 Å². The van der Waals surface area contributed by atoms with E-state index in [2.05, 4.69) is 26.6 Å². The van der Waals surface area contributed by atoms with Gasteiger partial charge in [0.2, 0.25) is 0 Å². The highest BCUT2D eigenvalue weighted by Crippen LogP contribution is 2.30. The van der Waals surface area contributed by atoms with E-state index in [0.717, 1.165) is 10.0 Å². The molecule has 20 heavy (non-hydrogen) atoms. The van der Waals surface area contributed by atoms with Crippen molar-refractivity contribution in [2.24, 2.45) is 5.92 Å². The van der Waals surface area contributed by atoms with Crippen LogP contribution in [0, 0.1) is 5.92 Å². The Balaban J connectivity index is 2.57. The van der Waals surface area contributed by atoms with Crippen LogP contribution in [0.1, 0.15) is 25.5 Å². The van der Waals surface area contributed by atoms with Crippen LogP contribution in [0.4, 0.5) is 4.79 Å². The number of carbonyl (C=O) groups is 2. The van der Waals surface area contributed by atoms with Gasteiger partial charge in [-0.25, -0.2) is 9.59 Å². The van der Waals surface area contributed by atoms with E-state index in [9.17, 15) is 14.7 Å². The van der Waals surface area contributed by atoms with Crippen molar-refractivity contribution in [2.45, 2.75) is 19.9 Å². The molecule has 1 aromatic carbocycles. The lowest BCUT2D eigenvalue weighted by molar-refractivity contribution is -0.133. The molecule has 0 radical (unpaired) electrons. The molecular weight excluding hydrogens is 324 g/mol. The minimum Gasteiger partial charge on any atom is -0.478 e. The Morgan fingerprint density at radius 2 is 2.10 bits per heavy atom. The fourth-order valence-electron chi connectivity index (χ4n) is 2.21. The maximum Gasteiger partial charge on any atom is 0.335 e. The molecular formula is C14H15BrN2O3. The van der Waals surface area contributed by atoms with E-state index in [1.54, 1.807) is 12.1 Å². The summed E-state index contributed by atoms with van der Waals surface area (Å²) in [7, 11) is 0. The Morgan fingerprint density at radius 1 is 1.40 bits per heavy atom. The zero-order valence-corrected chi connectivity index (χ0v) is 12.7. The number of urea groups is 1. The van der Waals surface area contributed by atoms with Crippen LogP contribution in [-0.2, 0) is 4.79 Å². The molecule has 1 heterocycles. The summed E-state index contributed by atoms with van der Waals surface area (Å²) in [5.41, 5.74) is 1.36. The average Bonchev–Trinajstić information content (AvgIpc) is 2.37. The topological polar surface area (TPSA) is 78.4 Å². The number of carboxylic acid groups (broad SMARTS) is 1. The van der Waals surface area contributed by atoms with Gasteiger partial charge in [-0.3, -0.25) is 0 Å². The summed E-state index contributed by atoms with van der Waals surface area (Å²) < 4.78 is 0.832. The Kier molecular flexibility index (Phi) is 4.13. The third-order valence-corrected chi connectivity index (χ3v) is 3.59. The van der Waals surface area contributed by atoms with Crippen molar-refractivity contribution in [3.8, 4) is 0 Å². The quantitative estimate of drug-likeness (QED) is 0.792. The maximum absolute atomic E-state index is 11.8. The van der Waals surface area contributed by atoms with Crippen molar-refractivity contribution in [1.29, 1.82) is 0 Å². The van der Waals surface area contributed by atoms with E-state index in [-0.39, 0.29) is 17.5 Å². The van der Waals surface area contributed by atoms with Crippen LogP contribution in [0.3, 0.4) is 0 Å². The second-order valence-corrected chi connectivity index (χ2v) is 5.79. The summed E-state index contributed by atoms with van der Waals surface area (Å²) in [5, 5.41) is 14.7. The number of allylic oxidation sites excluding steroid dienone is 1. The van der Waals surface area contributed by atoms with Gasteiger partial charge in [-0.15, -0.1) is 0 Å². The largest absolute Gasteiger partial charge is 0.478 e. The number of nitrogens with one attached hydrogen (secondary N) is 2. The number of hydrogen-bond donors (Lipinski definition) is 3. The molecule has 0 saturated heterocycles. The number of halogens is 1. The van der Waals surface area contributed by atoms with Crippen LogP contribution >= 0.6 is 15.9 Å². The molecule has 6 heteroatoms. The Hall–Kier alpha value is -1.82. The number of benzene rings is 1. The highest BCUT2D eigenvalue weighted by atomic mass is 79.9. The van der Waals surface area contributed by atoms with Crippen molar-refractivity contribution in [2.75, 3.05) is 0 Å². The summed E-state index contributed by atoms with van der Waals surface area (Å²) in [6.07, 6.45) is 0. The summed E-state index contributed by atoms with van der Waals surface area (Å²) in [6.45, 7) is 3.70. The van der Waals surface area contributed by atoms with Crippen LogP contribution in [-0.4, -0.2) is 17.1 Å². The van der Waals surface area contributed by atoms with Gasteiger partial charge in [0.25, 0.3) is 0 Å². The molecule has 0 bridgehead atoms. The number of rotatable bonds is 3. The predicted octanol–water partition coefficient (Wildman–Crippen LogP) is 2.80. The van der Waals surface area contributed by atoms with Crippen molar-refractivity contribution in [3.05, 3.63) is 45.6 Å². The average molecular weight is 339 g/mol. The van der Waals surface area contributed by atoms with Gasteiger partial charge in [0, 0.05) is 10.2 Å². The van der Waals surface area contributed by atoms with E-state index in [0.29, 0.717) is 5.70 Å². The zero-order valence-electron chi connectivity index (χ0n) is 11.1.